The molecule has 2 aromatic rings. The summed E-state index contributed by atoms with van der Waals surface area (Å²) in [6, 6.07) is 3.46. The van der Waals surface area contributed by atoms with Gasteiger partial charge in [0.15, 0.2) is 11.6 Å². The Morgan fingerprint density at radius 3 is 2.47 bits per heavy atom. The Morgan fingerprint density at radius 1 is 1.16 bits per heavy atom. The van der Waals surface area contributed by atoms with Gasteiger partial charge in [0.25, 0.3) is 11.8 Å². The SMILES string of the molecule is COc1c(Nc2ncc3c(n2)N(C(C)C)CC(F)(F)C(=O)N3C)ccc(C(N)=O)c1N1CCC(N2CC3(CCNCC3)C2)CC1. The lowest BCUT2D eigenvalue weighted by Crippen LogP contribution is -2.63. The molecule has 4 aliphatic rings. The first-order chi connectivity index (χ1) is 21.4. The third-order valence-corrected chi connectivity index (χ3v) is 9.88. The molecule has 1 spiro atoms. The van der Waals surface area contributed by atoms with Gasteiger partial charge in [-0.1, -0.05) is 0 Å². The van der Waals surface area contributed by atoms with Crippen molar-refractivity contribution in [1.29, 1.82) is 0 Å². The highest BCUT2D eigenvalue weighted by molar-refractivity contribution is 6.03. The molecule has 0 radical (unpaired) electrons. The van der Waals surface area contributed by atoms with E-state index in [0.717, 1.165) is 57.0 Å². The number of benzene rings is 1. The Bertz CT molecular complexity index is 1450. The van der Waals surface area contributed by atoms with Crippen LogP contribution in [0.4, 0.5) is 37.6 Å². The van der Waals surface area contributed by atoms with Crippen LogP contribution in [-0.4, -0.2) is 105 Å². The van der Waals surface area contributed by atoms with Crippen LogP contribution in [0.1, 0.15) is 49.9 Å². The van der Waals surface area contributed by atoms with Gasteiger partial charge in [0, 0.05) is 45.3 Å². The van der Waals surface area contributed by atoms with E-state index in [9.17, 15) is 18.4 Å². The maximum atomic E-state index is 14.8. The third-order valence-electron chi connectivity index (χ3n) is 9.88. The van der Waals surface area contributed by atoms with Gasteiger partial charge in [-0.25, -0.2) is 4.98 Å². The minimum atomic E-state index is -3.59. The number of methoxy groups -OCH3 is 1. The molecule has 2 amide bonds. The summed E-state index contributed by atoms with van der Waals surface area (Å²) in [6.07, 6.45) is 5.77. The summed E-state index contributed by atoms with van der Waals surface area (Å²) in [7, 11) is 2.82. The molecule has 1 aromatic heterocycles. The quantitative estimate of drug-likeness (QED) is 0.421. The first-order valence-corrected chi connectivity index (χ1v) is 15.7. The minimum Gasteiger partial charge on any atom is -0.492 e. The molecule has 3 saturated heterocycles. The summed E-state index contributed by atoms with van der Waals surface area (Å²) in [4.78, 5) is 41.1. The van der Waals surface area contributed by atoms with E-state index in [1.807, 2.05) is 0 Å². The first-order valence-electron chi connectivity index (χ1n) is 15.7. The van der Waals surface area contributed by atoms with Crippen molar-refractivity contribution in [2.75, 3.05) is 80.0 Å². The number of piperidine rings is 2. The molecule has 3 fully saturated rings. The predicted molar refractivity (Wildman–Crippen MR) is 169 cm³/mol. The topological polar surface area (TPSA) is 132 Å². The normalized spacial score (nSPS) is 21.8. The molecular weight excluding hydrogens is 584 g/mol. The van der Waals surface area contributed by atoms with Crippen molar-refractivity contribution in [3.05, 3.63) is 23.9 Å². The van der Waals surface area contributed by atoms with E-state index < -0.39 is 24.3 Å². The maximum absolute atomic E-state index is 14.8. The summed E-state index contributed by atoms with van der Waals surface area (Å²) < 4.78 is 35.4. The molecule has 45 heavy (non-hydrogen) atoms. The molecule has 6 rings (SSSR count). The van der Waals surface area contributed by atoms with Crippen LogP contribution in [0, 0.1) is 5.41 Å². The van der Waals surface area contributed by atoms with Crippen molar-refractivity contribution < 1.29 is 23.1 Å². The number of hydrogen-bond acceptors (Lipinski definition) is 10. The van der Waals surface area contributed by atoms with Crippen LogP contribution in [0.15, 0.2) is 18.3 Å². The highest BCUT2D eigenvalue weighted by Gasteiger charge is 2.48. The molecule has 0 saturated carbocycles. The van der Waals surface area contributed by atoms with E-state index in [2.05, 4.69) is 30.4 Å². The van der Waals surface area contributed by atoms with E-state index in [1.165, 1.54) is 38.1 Å². The third kappa shape index (κ3) is 5.73. The number of aromatic nitrogens is 2. The van der Waals surface area contributed by atoms with Gasteiger partial charge >= 0.3 is 5.92 Å². The van der Waals surface area contributed by atoms with Crippen molar-refractivity contribution in [3.8, 4) is 5.75 Å². The number of halogens is 2. The zero-order valence-corrected chi connectivity index (χ0v) is 26.4. The number of amides is 2. The lowest BCUT2D eigenvalue weighted by Gasteiger charge is -2.56. The first kappa shape index (κ1) is 31.2. The van der Waals surface area contributed by atoms with Crippen molar-refractivity contribution in [1.82, 2.24) is 20.2 Å². The average Bonchev–Trinajstić information content (AvgIpc) is 3.08. The summed E-state index contributed by atoms with van der Waals surface area (Å²) in [6.45, 7) is 8.72. The number of primary amides is 1. The lowest BCUT2D eigenvalue weighted by atomic mass is 9.71. The van der Waals surface area contributed by atoms with Crippen molar-refractivity contribution in [2.45, 2.75) is 57.5 Å². The molecule has 4 aliphatic heterocycles. The van der Waals surface area contributed by atoms with E-state index in [1.54, 1.807) is 26.0 Å². The molecule has 12 nitrogen and oxygen atoms in total. The van der Waals surface area contributed by atoms with Crippen LogP contribution in [0.3, 0.4) is 0 Å². The second-order valence-corrected chi connectivity index (χ2v) is 13.1. The highest BCUT2D eigenvalue weighted by atomic mass is 19.3. The fraction of sp³-hybridized carbons (Fsp3) is 0.613. The van der Waals surface area contributed by atoms with Crippen molar-refractivity contribution in [2.24, 2.45) is 11.1 Å². The van der Waals surface area contributed by atoms with Gasteiger partial charge in [-0.3, -0.25) is 14.5 Å². The van der Waals surface area contributed by atoms with E-state index in [0.29, 0.717) is 34.1 Å². The molecular formula is C31H43F2N9O3. The Labute approximate surface area is 262 Å². The van der Waals surface area contributed by atoms with Crippen LogP contribution in [-0.2, 0) is 4.79 Å². The standard InChI is InChI=1S/C31H43F2N9O3/c1-19(2)42-18-31(32,33)28(44)39(3)23-15-36-29(38-27(23)42)37-22-6-5-21(26(34)43)24(25(22)45-4)40-13-7-20(8-14-40)41-16-30(17-41)9-11-35-12-10-30/h5-6,15,19-20,35H,7-14,16-18H2,1-4H3,(H2,34,43)(H,36,37,38). The Kier molecular flexibility index (Phi) is 8.23. The van der Waals surface area contributed by atoms with Crippen LogP contribution < -0.4 is 35.8 Å². The maximum Gasteiger partial charge on any atom is 0.342 e. The van der Waals surface area contributed by atoms with Crippen molar-refractivity contribution >= 4 is 40.6 Å². The molecule has 0 atom stereocenters. The number of likely N-dealkylation sites (tertiary alicyclic amines) is 1. The molecule has 244 valence electrons. The smallest absolute Gasteiger partial charge is 0.342 e. The average molecular weight is 628 g/mol. The number of nitrogens with two attached hydrogens (primary N) is 1. The summed E-state index contributed by atoms with van der Waals surface area (Å²) in [5.41, 5.74) is 7.95. The van der Waals surface area contributed by atoms with E-state index in [-0.39, 0.29) is 23.5 Å². The summed E-state index contributed by atoms with van der Waals surface area (Å²) in [5.74, 6) is -4.70. The van der Waals surface area contributed by atoms with Gasteiger partial charge < -0.3 is 35.8 Å². The fourth-order valence-electron chi connectivity index (χ4n) is 7.32. The number of carbonyl (C=O) groups is 2. The van der Waals surface area contributed by atoms with Crippen LogP contribution in [0.5, 0.6) is 5.75 Å². The molecule has 0 unspecified atom stereocenters. The number of ether oxygens (including phenoxy) is 1. The Hall–Kier alpha value is -3.78. The van der Waals surface area contributed by atoms with E-state index >= 15 is 0 Å². The number of nitrogens with zero attached hydrogens (tertiary/aromatic N) is 6. The summed E-state index contributed by atoms with van der Waals surface area (Å²) >= 11 is 0. The van der Waals surface area contributed by atoms with Gasteiger partial charge in [-0.05, 0) is 70.2 Å². The van der Waals surface area contributed by atoms with Gasteiger partial charge in [-0.15, -0.1) is 0 Å². The number of anilines is 5. The number of alkyl halides is 2. The second-order valence-electron chi connectivity index (χ2n) is 13.1. The number of rotatable bonds is 7. The number of carbonyl (C=O) groups excluding carboxylic acids is 2. The number of hydrogen-bond donors (Lipinski definition) is 3. The van der Waals surface area contributed by atoms with Crippen molar-refractivity contribution in [3.63, 3.8) is 0 Å². The molecule has 5 heterocycles. The molecule has 0 bridgehead atoms. The summed E-state index contributed by atoms with van der Waals surface area (Å²) in [5, 5.41) is 6.64. The van der Waals surface area contributed by atoms with E-state index in [4.69, 9.17) is 10.5 Å². The van der Waals surface area contributed by atoms with Crippen LogP contribution >= 0.6 is 0 Å². The monoisotopic (exact) mass is 627 g/mol. The molecule has 4 N–H and O–H groups in total. The predicted octanol–water partition coefficient (Wildman–Crippen LogP) is 2.81. The van der Waals surface area contributed by atoms with Gasteiger partial charge in [0.1, 0.15) is 5.69 Å². The zero-order valence-electron chi connectivity index (χ0n) is 26.4. The number of fused-ring (bicyclic) bond motifs is 1. The fourth-order valence-corrected chi connectivity index (χ4v) is 7.32. The Balaban J connectivity index is 1.25. The van der Waals surface area contributed by atoms with Crippen LogP contribution in [0.2, 0.25) is 0 Å². The minimum absolute atomic E-state index is 0.130. The molecule has 1 aromatic carbocycles. The molecule has 0 aliphatic carbocycles. The highest BCUT2D eigenvalue weighted by Crippen LogP contribution is 2.44. The Morgan fingerprint density at radius 2 is 1.84 bits per heavy atom. The number of nitrogens with one attached hydrogen (secondary N) is 2. The van der Waals surface area contributed by atoms with Crippen LogP contribution in [0.25, 0.3) is 0 Å². The zero-order chi connectivity index (χ0) is 32.1. The largest absolute Gasteiger partial charge is 0.492 e. The molecule has 14 heteroatoms. The van der Waals surface area contributed by atoms with Gasteiger partial charge in [0.2, 0.25) is 5.95 Å². The van der Waals surface area contributed by atoms with Gasteiger partial charge in [0.05, 0.1) is 36.8 Å². The second kappa shape index (κ2) is 11.9. The lowest BCUT2D eigenvalue weighted by molar-refractivity contribution is -0.140. The van der Waals surface area contributed by atoms with Gasteiger partial charge in [-0.2, -0.15) is 13.8 Å².